The summed E-state index contributed by atoms with van der Waals surface area (Å²) < 4.78 is 5.15. The van der Waals surface area contributed by atoms with Crippen molar-refractivity contribution < 1.29 is 4.74 Å². The first-order valence-electron chi connectivity index (χ1n) is 3.29. The van der Waals surface area contributed by atoms with Crippen molar-refractivity contribution in [1.82, 2.24) is 0 Å². The molecule has 2 nitrogen and oxygen atoms in total. The second-order valence-electron chi connectivity index (χ2n) is 2.49. The van der Waals surface area contributed by atoms with Gasteiger partial charge in [-0.2, -0.15) is 0 Å². The van der Waals surface area contributed by atoms with Crippen molar-refractivity contribution in [2.45, 2.75) is 12.5 Å². The van der Waals surface area contributed by atoms with Crippen LogP contribution in [0.5, 0.6) is 0 Å². The van der Waals surface area contributed by atoms with Gasteiger partial charge in [-0.3, -0.25) is 0 Å². The van der Waals surface area contributed by atoms with Gasteiger partial charge < -0.3 is 10.5 Å². The number of allylic oxidation sites excluding steroid dienone is 1. The molecule has 0 amide bonds. The summed E-state index contributed by atoms with van der Waals surface area (Å²) in [5, 5.41) is 0. The normalized spacial score (nSPS) is 34.8. The van der Waals surface area contributed by atoms with Gasteiger partial charge in [0, 0.05) is 12.0 Å². The molecule has 1 aliphatic heterocycles. The molecule has 1 fully saturated rings. The number of hydrogen-bond donors (Lipinski definition) is 1. The standard InChI is InChI=1S/C7H13NO/c1-2-3-6-4-9-5-7(6)8/h2,6-7H,1,3-5,8H2/t6-,7+/m1/s1. The Kier molecular flexibility index (Phi) is 2.25. The Labute approximate surface area is 55.7 Å². The molecule has 1 aliphatic rings. The molecule has 0 spiro atoms. The Hall–Kier alpha value is -0.340. The van der Waals surface area contributed by atoms with E-state index in [1.165, 1.54) is 0 Å². The minimum atomic E-state index is 0.239. The first-order chi connectivity index (χ1) is 4.34. The van der Waals surface area contributed by atoms with Crippen molar-refractivity contribution in [2.75, 3.05) is 13.2 Å². The molecule has 52 valence electrons. The van der Waals surface area contributed by atoms with Crippen LogP contribution in [0.15, 0.2) is 12.7 Å². The van der Waals surface area contributed by atoms with Crippen molar-refractivity contribution in [2.24, 2.45) is 11.7 Å². The third-order valence-corrected chi connectivity index (χ3v) is 1.72. The van der Waals surface area contributed by atoms with E-state index in [0.29, 0.717) is 5.92 Å². The molecular weight excluding hydrogens is 114 g/mol. The molecule has 2 N–H and O–H groups in total. The van der Waals surface area contributed by atoms with Crippen LogP contribution in [0.25, 0.3) is 0 Å². The van der Waals surface area contributed by atoms with E-state index in [1.807, 2.05) is 6.08 Å². The average molecular weight is 127 g/mol. The molecule has 0 aromatic rings. The molecule has 2 heteroatoms. The number of ether oxygens (including phenoxy) is 1. The average Bonchev–Trinajstić information content (AvgIpc) is 2.18. The van der Waals surface area contributed by atoms with Gasteiger partial charge in [-0.25, -0.2) is 0 Å². The highest BCUT2D eigenvalue weighted by Crippen LogP contribution is 2.15. The SMILES string of the molecule is C=CC[C@@H]1COC[C@@H]1N. The fourth-order valence-electron chi connectivity index (χ4n) is 1.07. The lowest BCUT2D eigenvalue weighted by Crippen LogP contribution is -2.27. The first-order valence-corrected chi connectivity index (χ1v) is 3.29. The molecule has 0 bridgehead atoms. The lowest BCUT2D eigenvalue weighted by Gasteiger charge is -2.08. The maximum atomic E-state index is 5.69. The van der Waals surface area contributed by atoms with Crippen LogP contribution < -0.4 is 5.73 Å². The van der Waals surface area contributed by atoms with E-state index in [-0.39, 0.29) is 6.04 Å². The van der Waals surface area contributed by atoms with Gasteiger partial charge in [-0.1, -0.05) is 6.08 Å². The maximum absolute atomic E-state index is 5.69. The maximum Gasteiger partial charge on any atom is 0.0621 e. The van der Waals surface area contributed by atoms with E-state index < -0.39 is 0 Å². The van der Waals surface area contributed by atoms with Crippen LogP contribution in [-0.4, -0.2) is 19.3 Å². The molecule has 1 rings (SSSR count). The van der Waals surface area contributed by atoms with Gasteiger partial charge >= 0.3 is 0 Å². The largest absolute Gasteiger partial charge is 0.379 e. The summed E-state index contributed by atoms with van der Waals surface area (Å²) in [5.74, 6) is 0.516. The van der Waals surface area contributed by atoms with Crippen LogP contribution >= 0.6 is 0 Å². The van der Waals surface area contributed by atoms with Crippen molar-refractivity contribution >= 4 is 0 Å². The Morgan fingerprint density at radius 3 is 2.89 bits per heavy atom. The Morgan fingerprint density at radius 2 is 2.44 bits per heavy atom. The van der Waals surface area contributed by atoms with Crippen molar-refractivity contribution in [3.8, 4) is 0 Å². The first kappa shape index (κ1) is 6.78. The van der Waals surface area contributed by atoms with Crippen molar-refractivity contribution in [1.29, 1.82) is 0 Å². The van der Waals surface area contributed by atoms with Crippen molar-refractivity contribution in [3.05, 3.63) is 12.7 Å². The predicted molar refractivity (Wildman–Crippen MR) is 37.1 cm³/mol. The summed E-state index contributed by atoms with van der Waals surface area (Å²) in [6.07, 6.45) is 2.89. The molecular formula is C7H13NO. The fourth-order valence-corrected chi connectivity index (χ4v) is 1.07. The number of nitrogens with two attached hydrogens (primary N) is 1. The van der Waals surface area contributed by atoms with E-state index in [1.54, 1.807) is 0 Å². The summed E-state index contributed by atoms with van der Waals surface area (Å²) in [6.45, 7) is 5.18. The van der Waals surface area contributed by atoms with E-state index in [4.69, 9.17) is 10.5 Å². The second-order valence-corrected chi connectivity index (χ2v) is 2.49. The highest BCUT2D eigenvalue weighted by atomic mass is 16.5. The lowest BCUT2D eigenvalue weighted by atomic mass is 10.0. The van der Waals surface area contributed by atoms with Crippen LogP contribution in [0.2, 0.25) is 0 Å². The predicted octanol–water partition coefficient (Wildman–Crippen LogP) is 0.536. The zero-order valence-corrected chi connectivity index (χ0v) is 5.55. The van der Waals surface area contributed by atoms with E-state index in [0.717, 1.165) is 19.6 Å². The van der Waals surface area contributed by atoms with Crippen LogP contribution in [-0.2, 0) is 4.74 Å². The van der Waals surface area contributed by atoms with E-state index in [2.05, 4.69) is 6.58 Å². The summed E-state index contributed by atoms with van der Waals surface area (Å²) in [5.41, 5.74) is 5.69. The smallest absolute Gasteiger partial charge is 0.0621 e. The summed E-state index contributed by atoms with van der Waals surface area (Å²) >= 11 is 0. The Balaban J connectivity index is 2.30. The molecule has 0 aromatic carbocycles. The Morgan fingerprint density at radius 1 is 1.67 bits per heavy atom. The minimum absolute atomic E-state index is 0.239. The van der Waals surface area contributed by atoms with Crippen LogP contribution in [0, 0.1) is 5.92 Å². The van der Waals surface area contributed by atoms with E-state index >= 15 is 0 Å². The van der Waals surface area contributed by atoms with Gasteiger partial charge in [0.25, 0.3) is 0 Å². The van der Waals surface area contributed by atoms with Crippen LogP contribution in [0.3, 0.4) is 0 Å². The van der Waals surface area contributed by atoms with Gasteiger partial charge in [-0.05, 0) is 6.42 Å². The van der Waals surface area contributed by atoms with Crippen molar-refractivity contribution in [3.63, 3.8) is 0 Å². The molecule has 0 aliphatic carbocycles. The zero-order valence-electron chi connectivity index (χ0n) is 5.55. The van der Waals surface area contributed by atoms with Gasteiger partial charge in [0.1, 0.15) is 0 Å². The highest BCUT2D eigenvalue weighted by Gasteiger charge is 2.22. The van der Waals surface area contributed by atoms with Crippen LogP contribution in [0.1, 0.15) is 6.42 Å². The van der Waals surface area contributed by atoms with Gasteiger partial charge in [0.15, 0.2) is 0 Å². The lowest BCUT2D eigenvalue weighted by molar-refractivity contribution is 0.184. The zero-order chi connectivity index (χ0) is 6.69. The van der Waals surface area contributed by atoms with Gasteiger partial charge in [-0.15, -0.1) is 6.58 Å². The summed E-state index contributed by atoms with van der Waals surface area (Å²) in [7, 11) is 0. The molecule has 1 saturated heterocycles. The monoisotopic (exact) mass is 127 g/mol. The van der Waals surface area contributed by atoms with Gasteiger partial charge in [0.2, 0.25) is 0 Å². The minimum Gasteiger partial charge on any atom is -0.379 e. The summed E-state index contributed by atoms with van der Waals surface area (Å²) in [4.78, 5) is 0. The molecule has 0 unspecified atom stereocenters. The quantitative estimate of drug-likeness (QED) is 0.549. The highest BCUT2D eigenvalue weighted by molar-refractivity contribution is 4.83. The Bertz CT molecular complexity index is 103. The third-order valence-electron chi connectivity index (χ3n) is 1.72. The van der Waals surface area contributed by atoms with E-state index in [9.17, 15) is 0 Å². The fraction of sp³-hybridized carbons (Fsp3) is 0.714. The molecule has 9 heavy (non-hydrogen) atoms. The molecule has 0 saturated carbocycles. The molecule has 2 atom stereocenters. The van der Waals surface area contributed by atoms with Gasteiger partial charge in [0.05, 0.1) is 13.2 Å². The summed E-state index contributed by atoms with van der Waals surface area (Å²) in [6, 6.07) is 0.239. The molecule has 0 radical (unpaired) electrons. The number of hydrogen-bond acceptors (Lipinski definition) is 2. The third kappa shape index (κ3) is 1.53. The molecule has 0 aromatic heterocycles. The number of rotatable bonds is 2. The van der Waals surface area contributed by atoms with Crippen LogP contribution in [0.4, 0.5) is 0 Å². The topological polar surface area (TPSA) is 35.2 Å². The second kappa shape index (κ2) is 2.99. The molecule has 1 heterocycles.